The zero-order valence-corrected chi connectivity index (χ0v) is 16.5. The molecule has 156 valence electrons. The molecule has 3 heterocycles. The zero-order valence-electron chi connectivity index (χ0n) is 16.5. The Labute approximate surface area is 172 Å². The van der Waals surface area contributed by atoms with Crippen LogP contribution in [0.2, 0.25) is 0 Å². The molecule has 6 N–H and O–H groups in total. The van der Waals surface area contributed by atoms with E-state index in [1.54, 1.807) is 0 Å². The smallest absolute Gasteiger partial charge is 0.263 e. The molecule has 0 radical (unpaired) electrons. The van der Waals surface area contributed by atoms with Crippen LogP contribution in [0.5, 0.6) is 0 Å². The third-order valence-corrected chi connectivity index (χ3v) is 5.43. The number of rotatable bonds is 4. The summed E-state index contributed by atoms with van der Waals surface area (Å²) < 4.78 is 14.6. The number of nitrogens with two attached hydrogens (primary N) is 2. The van der Waals surface area contributed by atoms with Crippen LogP contribution in [-0.2, 0) is 0 Å². The summed E-state index contributed by atoms with van der Waals surface area (Å²) in [5.74, 6) is -0.755. The maximum Gasteiger partial charge on any atom is 0.263 e. The molecule has 0 saturated carbocycles. The molecule has 3 aromatic rings. The number of para-hydroxylation sites is 1. The van der Waals surface area contributed by atoms with Gasteiger partial charge in [-0.05, 0) is 31.4 Å². The first-order valence-corrected chi connectivity index (χ1v) is 9.64. The summed E-state index contributed by atoms with van der Waals surface area (Å²) >= 11 is 0. The van der Waals surface area contributed by atoms with E-state index in [1.807, 2.05) is 25.1 Å². The van der Waals surface area contributed by atoms with Gasteiger partial charge in [-0.2, -0.15) is 0 Å². The van der Waals surface area contributed by atoms with Crippen molar-refractivity contribution in [3.8, 4) is 0 Å². The molecule has 0 unspecified atom stereocenters. The van der Waals surface area contributed by atoms with Crippen molar-refractivity contribution in [3.63, 3.8) is 0 Å². The number of amidine groups is 1. The number of halogens is 1. The molecule has 9 nitrogen and oxygen atoms in total. The number of piperidine rings is 1. The van der Waals surface area contributed by atoms with E-state index >= 15 is 0 Å². The summed E-state index contributed by atoms with van der Waals surface area (Å²) in [7, 11) is 0. The SMILES string of the molecule is Cc1cccc(NC(=O)c2c(N)nn3cc(F)cnc23)c1N1CCC(C(=N)N)CC1. The highest BCUT2D eigenvalue weighted by molar-refractivity contribution is 6.12. The monoisotopic (exact) mass is 410 g/mol. The van der Waals surface area contributed by atoms with Gasteiger partial charge in [0.2, 0.25) is 0 Å². The molecule has 10 heteroatoms. The molecule has 2 aromatic heterocycles. The van der Waals surface area contributed by atoms with Gasteiger partial charge >= 0.3 is 0 Å². The van der Waals surface area contributed by atoms with Crippen LogP contribution in [0.15, 0.2) is 30.6 Å². The van der Waals surface area contributed by atoms with Crippen molar-refractivity contribution in [1.29, 1.82) is 5.41 Å². The fourth-order valence-electron chi connectivity index (χ4n) is 3.93. The Kier molecular flexibility index (Phi) is 4.98. The highest BCUT2D eigenvalue weighted by atomic mass is 19.1. The van der Waals surface area contributed by atoms with Crippen molar-refractivity contribution in [2.75, 3.05) is 29.0 Å². The highest BCUT2D eigenvalue weighted by Crippen LogP contribution is 2.33. The Morgan fingerprint density at radius 3 is 2.77 bits per heavy atom. The van der Waals surface area contributed by atoms with Crippen molar-refractivity contribution in [2.24, 2.45) is 11.7 Å². The normalized spacial score (nSPS) is 14.8. The number of aromatic nitrogens is 3. The van der Waals surface area contributed by atoms with Gasteiger partial charge in [0, 0.05) is 19.0 Å². The molecule has 30 heavy (non-hydrogen) atoms. The second-order valence-electron chi connectivity index (χ2n) is 7.44. The second kappa shape index (κ2) is 7.62. The van der Waals surface area contributed by atoms with Crippen LogP contribution in [0, 0.1) is 24.1 Å². The molecular weight excluding hydrogens is 387 g/mol. The minimum Gasteiger partial charge on any atom is -0.387 e. The number of hydrogen-bond acceptors (Lipinski definition) is 6. The van der Waals surface area contributed by atoms with E-state index in [2.05, 4.69) is 20.3 Å². The van der Waals surface area contributed by atoms with Gasteiger partial charge in [0.1, 0.15) is 5.56 Å². The van der Waals surface area contributed by atoms with E-state index in [-0.39, 0.29) is 28.8 Å². The van der Waals surface area contributed by atoms with Crippen LogP contribution in [0.4, 0.5) is 21.6 Å². The van der Waals surface area contributed by atoms with Crippen LogP contribution in [0.3, 0.4) is 0 Å². The average molecular weight is 410 g/mol. The van der Waals surface area contributed by atoms with Crippen LogP contribution in [-0.4, -0.2) is 39.4 Å². The Balaban J connectivity index is 1.63. The second-order valence-corrected chi connectivity index (χ2v) is 7.44. The third-order valence-electron chi connectivity index (χ3n) is 5.43. The first kappa shape index (κ1) is 19.6. The van der Waals surface area contributed by atoms with E-state index < -0.39 is 11.7 Å². The predicted octanol–water partition coefficient (Wildman–Crippen LogP) is 2.16. The van der Waals surface area contributed by atoms with Crippen LogP contribution in [0.25, 0.3) is 5.65 Å². The molecule has 0 spiro atoms. The lowest BCUT2D eigenvalue weighted by atomic mass is 9.95. The Morgan fingerprint density at radius 1 is 1.33 bits per heavy atom. The van der Waals surface area contributed by atoms with Gasteiger partial charge < -0.3 is 21.7 Å². The highest BCUT2D eigenvalue weighted by Gasteiger charge is 2.26. The summed E-state index contributed by atoms with van der Waals surface area (Å²) in [5, 5.41) is 14.6. The number of amides is 1. The number of nitrogens with zero attached hydrogens (tertiary/aromatic N) is 4. The summed E-state index contributed by atoms with van der Waals surface area (Å²) in [4.78, 5) is 19.2. The first-order valence-electron chi connectivity index (χ1n) is 9.64. The minimum atomic E-state index is -0.577. The molecule has 1 aliphatic heterocycles. The third kappa shape index (κ3) is 3.51. The van der Waals surface area contributed by atoms with Crippen LogP contribution in [0.1, 0.15) is 28.8 Å². The van der Waals surface area contributed by atoms with Crippen molar-refractivity contribution >= 4 is 34.6 Å². The summed E-state index contributed by atoms with van der Waals surface area (Å²) in [6.45, 7) is 3.45. The summed E-state index contributed by atoms with van der Waals surface area (Å²) in [6.07, 6.45) is 3.71. The Hall–Kier alpha value is -3.69. The van der Waals surface area contributed by atoms with Gasteiger partial charge in [-0.25, -0.2) is 13.9 Å². The van der Waals surface area contributed by atoms with Gasteiger partial charge in [-0.15, -0.1) is 5.10 Å². The number of benzene rings is 1. The van der Waals surface area contributed by atoms with Gasteiger partial charge in [0.15, 0.2) is 17.3 Å². The van der Waals surface area contributed by atoms with Gasteiger partial charge in [0.05, 0.1) is 29.6 Å². The standard InChI is InChI=1S/C20H23FN8O/c1-11-3-2-4-14(16(11)28-7-5-12(6-8-28)17(22)23)26-20(30)15-18(24)27-29-10-13(21)9-25-19(15)29/h2-4,9-10,12H,5-8H2,1H3,(H3,22,23)(H2,24,27)(H,26,30). The maximum absolute atomic E-state index is 13.4. The summed E-state index contributed by atoms with van der Waals surface area (Å²) in [6, 6.07) is 5.67. The molecule has 1 aromatic carbocycles. The van der Waals surface area contributed by atoms with E-state index in [0.29, 0.717) is 5.69 Å². The van der Waals surface area contributed by atoms with Crippen molar-refractivity contribution < 1.29 is 9.18 Å². The molecular formula is C20H23FN8O. The number of nitrogens with one attached hydrogen (secondary N) is 2. The lowest BCUT2D eigenvalue weighted by Crippen LogP contribution is -2.39. The molecule has 4 rings (SSSR count). The summed E-state index contributed by atoms with van der Waals surface area (Å²) in [5.41, 5.74) is 14.4. The molecule has 1 aliphatic rings. The van der Waals surface area contributed by atoms with E-state index in [1.165, 1.54) is 0 Å². The van der Waals surface area contributed by atoms with Crippen molar-refractivity contribution in [3.05, 3.63) is 47.5 Å². The topological polar surface area (TPSA) is 138 Å². The molecule has 0 bridgehead atoms. The maximum atomic E-state index is 13.4. The Bertz CT molecular complexity index is 1130. The number of carbonyl (C=O) groups excluding carboxylic acids is 1. The Morgan fingerprint density at radius 2 is 2.07 bits per heavy atom. The van der Waals surface area contributed by atoms with Gasteiger partial charge in [0.25, 0.3) is 5.91 Å². The average Bonchev–Trinajstić information content (AvgIpc) is 3.03. The number of carbonyl (C=O) groups is 1. The molecule has 0 aliphatic carbocycles. The quantitative estimate of drug-likeness (QED) is 0.384. The van der Waals surface area contributed by atoms with E-state index in [9.17, 15) is 9.18 Å². The number of anilines is 3. The fourth-order valence-corrected chi connectivity index (χ4v) is 3.93. The lowest BCUT2D eigenvalue weighted by Gasteiger charge is -2.35. The van der Waals surface area contributed by atoms with Gasteiger partial charge in [-0.3, -0.25) is 10.2 Å². The minimum absolute atomic E-state index is 0.0259. The first-order chi connectivity index (χ1) is 14.3. The molecule has 1 saturated heterocycles. The fraction of sp³-hybridized carbons (Fsp3) is 0.300. The van der Waals surface area contributed by atoms with Crippen LogP contribution >= 0.6 is 0 Å². The molecule has 1 fully saturated rings. The largest absolute Gasteiger partial charge is 0.387 e. The number of nitrogen functional groups attached to an aromatic ring is 1. The molecule has 1 amide bonds. The predicted molar refractivity (Wildman–Crippen MR) is 113 cm³/mol. The lowest BCUT2D eigenvalue weighted by molar-refractivity contribution is 0.102. The van der Waals surface area contributed by atoms with E-state index in [4.69, 9.17) is 16.9 Å². The zero-order chi connectivity index (χ0) is 21.4. The van der Waals surface area contributed by atoms with E-state index in [0.717, 1.165) is 54.1 Å². The number of aryl methyl sites for hydroxylation is 1. The molecule has 0 atom stereocenters. The van der Waals surface area contributed by atoms with Crippen molar-refractivity contribution in [2.45, 2.75) is 19.8 Å². The van der Waals surface area contributed by atoms with Gasteiger partial charge in [-0.1, -0.05) is 12.1 Å². The number of hydrogen-bond donors (Lipinski definition) is 4. The number of fused-ring (bicyclic) bond motifs is 1. The van der Waals surface area contributed by atoms with Crippen LogP contribution < -0.4 is 21.7 Å². The van der Waals surface area contributed by atoms with Crippen molar-refractivity contribution in [1.82, 2.24) is 14.6 Å².